The zero-order chi connectivity index (χ0) is 24.1. The summed E-state index contributed by atoms with van der Waals surface area (Å²) in [6, 6.07) is 0. The van der Waals surface area contributed by atoms with Crippen molar-refractivity contribution in [2.24, 2.45) is 21.3 Å². The highest BCUT2D eigenvalue weighted by Gasteiger charge is 2.26. The van der Waals surface area contributed by atoms with Gasteiger partial charge in [0.2, 0.25) is 0 Å². The Kier molecular flexibility index (Phi) is 12.0. The van der Waals surface area contributed by atoms with Gasteiger partial charge in [-0.05, 0) is 0 Å². The summed E-state index contributed by atoms with van der Waals surface area (Å²) in [7, 11) is 0. The van der Waals surface area contributed by atoms with Crippen LogP contribution < -0.4 is 5.73 Å². The first-order chi connectivity index (χ1) is 15.2. The van der Waals surface area contributed by atoms with Gasteiger partial charge >= 0.3 is 11.9 Å². The van der Waals surface area contributed by atoms with Crippen molar-refractivity contribution in [3.05, 3.63) is 14.7 Å². The molecule has 1 heterocycles. The molecule has 0 aromatic heterocycles. The fourth-order valence-electron chi connectivity index (χ4n) is 3.15. The molecule has 3 N–H and O–H groups in total. The van der Waals surface area contributed by atoms with Crippen LogP contribution in [-0.4, -0.2) is 127 Å². The molecule has 1 atom stereocenters. The van der Waals surface area contributed by atoms with E-state index in [4.69, 9.17) is 10.8 Å². The maximum absolute atomic E-state index is 11.7. The molecule has 0 aliphatic carbocycles. The predicted octanol–water partition coefficient (Wildman–Crippen LogP) is -2.54. The first-order valence-corrected chi connectivity index (χ1v) is 9.68. The molecule has 0 aromatic carbocycles. The Morgan fingerprint density at radius 2 is 1.06 bits per heavy atom. The van der Waals surface area contributed by atoms with Crippen LogP contribution in [-0.2, 0) is 19.2 Å². The lowest BCUT2D eigenvalue weighted by molar-refractivity contribution is -0.138. The van der Waals surface area contributed by atoms with Crippen molar-refractivity contribution in [3.8, 4) is 0 Å². The Bertz CT molecular complexity index is 720. The molecule has 0 saturated carbocycles. The Hall–Kier alpha value is -2.92. The first kappa shape index (κ1) is 27.1. The van der Waals surface area contributed by atoms with Crippen LogP contribution in [0, 0.1) is 14.7 Å². The summed E-state index contributed by atoms with van der Waals surface area (Å²) < 4.78 is 0. The third-order valence-corrected chi connectivity index (χ3v) is 4.89. The first-order valence-electron chi connectivity index (χ1n) is 9.68. The van der Waals surface area contributed by atoms with E-state index in [0.717, 1.165) is 0 Å². The molecule has 1 fully saturated rings. The quantitative estimate of drug-likeness (QED) is 0.359. The normalized spacial score (nSPS) is 19.2. The maximum atomic E-state index is 11.7. The molecule has 1 saturated heterocycles. The fraction of sp³-hybridized carbons (Fsp3) is 0.750. The number of carbonyl (C=O) groups is 4. The molecule has 1 aliphatic heterocycles. The molecule has 0 spiro atoms. The number of hydrogen-bond acceptors (Lipinski definition) is 12. The Balaban J connectivity index is 3.08. The molecule has 16 nitrogen and oxygen atoms in total. The second-order valence-corrected chi connectivity index (χ2v) is 7.10. The van der Waals surface area contributed by atoms with E-state index < -0.39 is 29.9 Å². The van der Waals surface area contributed by atoms with E-state index in [9.17, 15) is 33.9 Å². The van der Waals surface area contributed by atoms with Crippen molar-refractivity contribution in [1.29, 1.82) is 0 Å². The number of aliphatic carboxylic acids is 1. The van der Waals surface area contributed by atoms with Crippen molar-refractivity contribution in [2.75, 3.05) is 72.0 Å². The Labute approximate surface area is 182 Å². The van der Waals surface area contributed by atoms with Crippen molar-refractivity contribution in [3.63, 3.8) is 0 Å². The number of carbonyl (C=O) groups excluding carboxylic acids is 3. The fourth-order valence-corrected chi connectivity index (χ4v) is 3.15. The van der Waals surface area contributed by atoms with E-state index in [-0.39, 0.29) is 72.0 Å². The van der Waals surface area contributed by atoms with E-state index in [2.05, 4.69) is 15.5 Å². The second kappa shape index (κ2) is 14.2. The van der Waals surface area contributed by atoms with Gasteiger partial charge in [0.05, 0.1) is 19.6 Å². The van der Waals surface area contributed by atoms with Gasteiger partial charge in [0.1, 0.15) is 6.17 Å². The predicted molar refractivity (Wildman–Crippen MR) is 109 cm³/mol. The maximum Gasteiger partial charge on any atom is 0.317 e. The van der Waals surface area contributed by atoms with Crippen LogP contribution in [0.2, 0.25) is 0 Å². The van der Waals surface area contributed by atoms with E-state index in [0.29, 0.717) is 0 Å². The summed E-state index contributed by atoms with van der Waals surface area (Å²) in [5.74, 6) is -4.04. The Morgan fingerprint density at radius 3 is 1.41 bits per heavy atom. The van der Waals surface area contributed by atoms with Crippen LogP contribution in [0.15, 0.2) is 15.5 Å². The third kappa shape index (κ3) is 9.92. The number of nitroso groups, excluding NO2 is 3. The summed E-state index contributed by atoms with van der Waals surface area (Å²) in [5, 5.41) is 16.2. The van der Waals surface area contributed by atoms with Gasteiger partial charge in [-0.1, -0.05) is 0 Å². The van der Waals surface area contributed by atoms with Crippen LogP contribution in [0.5, 0.6) is 0 Å². The van der Waals surface area contributed by atoms with Crippen LogP contribution in [0.1, 0.15) is 0 Å². The van der Waals surface area contributed by atoms with E-state index in [1.807, 2.05) is 0 Å². The van der Waals surface area contributed by atoms with Crippen LogP contribution >= 0.6 is 0 Å². The highest BCUT2D eigenvalue weighted by atomic mass is 16.4. The lowest BCUT2D eigenvalue weighted by atomic mass is 10.3. The van der Waals surface area contributed by atoms with Gasteiger partial charge in [0.15, 0.2) is 0 Å². The molecular formula is C16H26N8O8. The van der Waals surface area contributed by atoms with Crippen molar-refractivity contribution >= 4 is 23.7 Å². The average molecular weight is 458 g/mol. The largest absolute Gasteiger partial charge is 0.480 e. The zero-order valence-electron chi connectivity index (χ0n) is 17.4. The van der Waals surface area contributed by atoms with E-state index in [1.165, 1.54) is 4.90 Å². The third-order valence-electron chi connectivity index (χ3n) is 4.89. The van der Waals surface area contributed by atoms with Crippen LogP contribution in [0.25, 0.3) is 0 Å². The number of carboxylic acids is 1. The monoisotopic (exact) mass is 458 g/mol. The summed E-state index contributed by atoms with van der Waals surface area (Å²) in [5.41, 5.74) is 5.80. The highest BCUT2D eigenvalue weighted by Crippen LogP contribution is 2.04. The molecule has 1 aliphatic rings. The van der Waals surface area contributed by atoms with Gasteiger partial charge in [-0.2, -0.15) is 0 Å². The summed E-state index contributed by atoms with van der Waals surface area (Å²) in [6.45, 7) is 0.261. The number of nitrogens with zero attached hydrogens (tertiary/aromatic N) is 7. The van der Waals surface area contributed by atoms with Gasteiger partial charge in [0.25, 0.3) is 11.8 Å². The van der Waals surface area contributed by atoms with Gasteiger partial charge in [0, 0.05) is 67.9 Å². The average Bonchev–Trinajstić information content (AvgIpc) is 2.77. The molecular weight excluding hydrogens is 432 g/mol. The molecule has 1 unspecified atom stereocenters. The molecule has 0 radical (unpaired) electrons. The van der Waals surface area contributed by atoms with E-state index >= 15 is 0 Å². The summed E-state index contributed by atoms with van der Waals surface area (Å²) in [4.78, 5) is 83.6. The summed E-state index contributed by atoms with van der Waals surface area (Å²) in [6.07, 6.45) is -1.36. The van der Waals surface area contributed by atoms with Crippen LogP contribution in [0.3, 0.4) is 0 Å². The molecule has 16 heteroatoms. The van der Waals surface area contributed by atoms with Crippen molar-refractivity contribution in [1.82, 2.24) is 19.6 Å². The topological polar surface area (TPSA) is 216 Å². The minimum Gasteiger partial charge on any atom is -0.480 e. The molecule has 0 aromatic rings. The van der Waals surface area contributed by atoms with Gasteiger partial charge in [-0.15, -0.1) is 14.7 Å². The van der Waals surface area contributed by atoms with Gasteiger partial charge < -0.3 is 10.8 Å². The number of carboxylic acid groups (broad SMARTS) is 1. The second-order valence-electron chi connectivity index (χ2n) is 7.10. The molecule has 0 bridgehead atoms. The number of nitrogens with two attached hydrogens (primary N) is 1. The standard InChI is InChI=1S/C16H26N8O8/c17-15(16(29)20-32)24-7-5-22(10-13(26)19-31)2-1-21(9-12(25)18-30)3-4-23(6-8-24)11-14(27)28/h15H,1-11,17H2,(H,27,28). The summed E-state index contributed by atoms with van der Waals surface area (Å²) >= 11 is 0. The minimum absolute atomic E-state index is 0.0876. The highest BCUT2D eigenvalue weighted by molar-refractivity contribution is 5.81. The molecule has 178 valence electrons. The molecule has 3 amide bonds. The number of hydrogen-bond donors (Lipinski definition) is 2. The molecule has 1 rings (SSSR count). The minimum atomic E-state index is -1.36. The lowest BCUT2D eigenvalue weighted by Crippen LogP contribution is -2.54. The Morgan fingerprint density at radius 1 is 0.688 bits per heavy atom. The number of rotatable bonds is 8. The lowest BCUT2D eigenvalue weighted by Gasteiger charge is -2.34. The van der Waals surface area contributed by atoms with Gasteiger partial charge in [-0.25, -0.2) is 0 Å². The SMILES string of the molecule is NC(C(=O)N=O)N1CCN(CC(=O)O)CCN(CC(=O)N=O)CCN(CC(=O)N=O)CC1. The van der Waals surface area contributed by atoms with E-state index in [1.54, 1.807) is 14.7 Å². The van der Waals surface area contributed by atoms with Crippen LogP contribution in [0.4, 0.5) is 0 Å². The van der Waals surface area contributed by atoms with Gasteiger partial charge in [-0.3, -0.25) is 38.8 Å². The number of amides is 3. The zero-order valence-corrected chi connectivity index (χ0v) is 17.4. The smallest absolute Gasteiger partial charge is 0.317 e. The van der Waals surface area contributed by atoms with Crippen molar-refractivity contribution < 1.29 is 24.3 Å². The van der Waals surface area contributed by atoms with Crippen molar-refractivity contribution in [2.45, 2.75) is 6.17 Å². The molecule has 32 heavy (non-hydrogen) atoms.